The summed E-state index contributed by atoms with van der Waals surface area (Å²) in [6.45, 7) is 6.21. The number of carbonyl (C=O) groups excluding carboxylic acids is 2. The van der Waals surface area contributed by atoms with Crippen LogP contribution >= 0.6 is 23.1 Å². The molecule has 3 aromatic rings. The van der Waals surface area contributed by atoms with E-state index in [1.54, 1.807) is 24.3 Å². The predicted octanol–water partition coefficient (Wildman–Crippen LogP) is 2.93. The third kappa shape index (κ3) is 5.18. The first-order valence-corrected chi connectivity index (χ1v) is 10.5. The van der Waals surface area contributed by atoms with Gasteiger partial charge in [0, 0.05) is 10.8 Å². The summed E-state index contributed by atoms with van der Waals surface area (Å²) in [5, 5.41) is 17.4. The second-order valence-electron chi connectivity index (χ2n) is 7.04. The Balaban J connectivity index is 1.62. The highest BCUT2D eigenvalue weighted by atomic mass is 32.2. The minimum absolute atomic E-state index is 0.0697. The van der Waals surface area contributed by atoms with Crippen LogP contribution < -0.4 is 5.32 Å². The molecule has 0 saturated carbocycles. The van der Waals surface area contributed by atoms with Gasteiger partial charge in [0.1, 0.15) is 0 Å². The fourth-order valence-electron chi connectivity index (χ4n) is 2.25. The van der Waals surface area contributed by atoms with Crippen molar-refractivity contribution in [2.24, 2.45) is 0 Å². The van der Waals surface area contributed by atoms with Crippen LogP contribution in [0.4, 0.5) is 5.13 Å². The van der Waals surface area contributed by atoms with Crippen molar-refractivity contribution in [2.75, 3.05) is 18.2 Å². The lowest BCUT2D eigenvalue weighted by Crippen LogP contribution is -2.16. The van der Waals surface area contributed by atoms with Gasteiger partial charge in [-0.2, -0.15) is 4.68 Å². The summed E-state index contributed by atoms with van der Waals surface area (Å²) >= 11 is 2.60. The second-order valence-corrected chi connectivity index (χ2v) is 8.84. The maximum atomic E-state index is 12.3. The molecule has 0 atom stereocenters. The van der Waals surface area contributed by atoms with Gasteiger partial charge in [0.2, 0.25) is 11.1 Å². The van der Waals surface area contributed by atoms with Crippen LogP contribution in [0.2, 0.25) is 0 Å². The van der Waals surface area contributed by atoms with Gasteiger partial charge in [-0.05, 0) is 34.7 Å². The van der Waals surface area contributed by atoms with E-state index in [0.717, 1.165) is 5.69 Å². The van der Waals surface area contributed by atoms with E-state index in [1.807, 2.05) is 5.38 Å². The number of anilines is 1. The number of amides is 1. The Hall–Kier alpha value is -2.79. The molecule has 2 aromatic heterocycles. The first kappa shape index (κ1) is 20.9. The van der Waals surface area contributed by atoms with Gasteiger partial charge in [-0.15, -0.1) is 16.4 Å². The second kappa shape index (κ2) is 8.70. The number of aromatic nitrogens is 5. The molecule has 1 amide bonds. The normalized spacial score (nSPS) is 11.3. The number of nitrogens with zero attached hydrogens (tertiary/aromatic N) is 5. The standard InChI is InChI=1S/C18H20N6O3S2/c1-18(2,3)13-9-28-16(19-13)20-14(25)10-29-17-21-22-23-24(17)12-7-5-11(6-8-12)15(26)27-4/h5-9H,10H2,1-4H3,(H,19,20,25). The van der Waals surface area contributed by atoms with Crippen molar-refractivity contribution < 1.29 is 14.3 Å². The van der Waals surface area contributed by atoms with E-state index in [-0.39, 0.29) is 17.1 Å². The third-order valence-corrected chi connectivity index (χ3v) is 5.50. The number of thioether (sulfide) groups is 1. The fraction of sp³-hybridized carbons (Fsp3) is 0.333. The van der Waals surface area contributed by atoms with E-state index in [2.05, 4.69) is 51.3 Å². The van der Waals surface area contributed by atoms with Crippen LogP contribution in [-0.2, 0) is 14.9 Å². The van der Waals surface area contributed by atoms with E-state index in [9.17, 15) is 9.59 Å². The van der Waals surface area contributed by atoms with Gasteiger partial charge >= 0.3 is 5.97 Å². The van der Waals surface area contributed by atoms with Gasteiger partial charge in [0.05, 0.1) is 29.8 Å². The van der Waals surface area contributed by atoms with Gasteiger partial charge in [-0.1, -0.05) is 32.5 Å². The highest BCUT2D eigenvalue weighted by Crippen LogP contribution is 2.26. The van der Waals surface area contributed by atoms with Gasteiger partial charge in [0.25, 0.3) is 0 Å². The maximum Gasteiger partial charge on any atom is 0.337 e. The van der Waals surface area contributed by atoms with E-state index in [1.165, 1.54) is 34.9 Å². The number of nitrogens with one attached hydrogen (secondary N) is 1. The summed E-state index contributed by atoms with van der Waals surface area (Å²) in [7, 11) is 1.33. The van der Waals surface area contributed by atoms with Crippen molar-refractivity contribution in [3.05, 3.63) is 40.9 Å². The minimum atomic E-state index is -0.420. The molecule has 9 nitrogen and oxygen atoms in total. The summed E-state index contributed by atoms with van der Waals surface area (Å²) in [6, 6.07) is 6.66. The average Bonchev–Trinajstić information content (AvgIpc) is 3.35. The van der Waals surface area contributed by atoms with Crippen molar-refractivity contribution in [2.45, 2.75) is 31.3 Å². The Morgan fingerprint density at radius 3 is 2.59 bits per heavy atom. The number of methoxy groups -OCH3 is 1. The summed E-state index contributed by atoms with van der Waals surface area (Å²) in [4.78, 5) is 28.3. The van der Waals surface area contributed by atoms with Crippen molar-refractivity contribution in [3.63, 3.8) is 0 Å². The summed E-state index contributed by atoms with van der Waals surface area (Å²) < 4.78 is 6.19. The molecule has 0 aliphatic rings. The molecular formula is C18H20N6O3S2. The number of benzene rings is 1. The number of esters is 1. The molecule has 0 spiro atoms. The van der Waals surface area contributed by atoms with Gasteiger partial charge in [-0.3, -0.25) is 4.79 Å². The molecule has 11 heteroatoms. The Kier molecular flexibility index (Phi) is 6.28. The van der Waals surface area contributed by atoms with Gasteiger partial charge < -0.3 is 10.1 Å². The van der Waals surface area contributed by atoms with Crippen molar-refractivity contribution in [3.8, 4) is 5.69 Å². The molecule has 0 saturated heterocycles. The molecule has 0 aliphatic heterocycles. The number of ether oxygens (including phenoxy) is 1. The number of hydrogen-bond donors (Lipinski definition) is 1. The Bertz CT molecular complexity index is 1010. The average molecular weight is 433 g/mol. The monoisotopic (exact) mass is 432 g/mol. The zero-order valence-corrected chi connectivity index (χ0v) is 18.0. The van der Waals surface area contributed by atoms with E-state index in [0.29, 0.717) is 21.5 Å². The quantitative estimate of drug-likeness (QED) is 0.467. The summed E-state index contributed by atoms with van der Waals surface area (Å²) in [5.41, 5.74) is 1.96. The molecule has 0 aliphatic carbocycles. The lowest BCUT2D eigenvalue weighted by Gasteiger charge is -2.14. The molecule has 152 valence electrons. The lowest BCUT2D eigenvalue weighted by atomic mass is 9.93. The largest absolute Gasteiger partial charge is 0.465 e. The van der Waals surface area contributed by atoms with Gasteiger partial charge in [0.15, 0.2) is 5.13 Å². The third-order valence-electron chi connectivity index (χ3n) is 3.83. The molecule has 0 bridgehead atoms. The summed E-state index contributed by atoms with van der Waals surface area (Å²) in [6.07, 6.45) is 0. The Morgan fingerprint density at radius 1 is 1.24 bits per heavy atom. The van der Waals surface area contributed by atoms with Crippen LogP contribution in [0.1, 0.15) is 36.8 Å². The number of rotatable bonds is 6. The van der Waals surface area contributed by atoms with Crippen LogP contribution in [0.3, 0.4) is 0 Å². The van der Waals surface area contributed by atoms with Crippen molar-refractivity contribution >= 4 is 40.1 Å². The minimum Gasteiger partial charge on any atom is -0.465 e. The zero-order valence-electron chi connectivity index (χ0n) is 16.4. The van der Waals surface area contributed by atoms with Crippen LogP contribution in [0.25, 0.3) is 5.69 Å². The SMILES string of the molecule is COC(=O)c1ccc(-n2nnnc2SCC(=O)Nc2nc(C(C)(C)C)cs2)cc1. The molecule has 1 aromatic carbocycles. The Morgan fingerprint density at radius 2 is 1.97 bits per heavy atom. The van der Waals surface area contributed by atoms with Crippen LogP contribution in [-0.4, -0.2) is 49.9 Å². The molecule has 29 heavy (non-hydrogen) atoms. The topological polar surface area (TPSA) is 112 Å². The molecule has 1 N–H and O–H groups in total. The summed E-state index contributed by atoms with van der Waals surface area (Å²) in [5.74, 6) is -0.484. The van der Waals surface area contributed by atoms with E-state index in [4.69, 9.17) is 0 Å². The number of hydrogen-bond acceptors (Lipinski definition) is 9. The number of thiazole rings is 1. The highest BCUT2D eigenvalue weighted by molar-refractivity contribution is 7.99. The number of carbonyl (C=O) groups is 2. The molecule has 0 fully saturated rings. The van der Waals surface area contributed by atoms with Crippen LogP contribution in [0.15, 0.2) is 34.8 Å². The van der Waals surface area contributed by atoms with Crippen molar-refractivity contribution in [1.29, 1.82) is 0 Å². The number of tetrazole rings is 1. The fourth-order valence-corrected chi connectivity index (χ4v) is 3.89. The van der Waals surface area contributed by atoms with E-state index >= 15 is 0 Å². The van der Waals surface area contributed by atoms with Crippen LogP contribution in [0.5, 0.6) is 0 Å². The zero-order chi connectivity index (χ0) is 21.0. The lowest BCUT2D eigenvalue weighted by molar-refractivity contribution is -0.113. The Labute approximate surface area is 175 Å². The van der Waals surface area contributed by atoms with E-state index < -0.39 is 5.97 Å². The molecule has 0 radical (unpaired) electrons. The first-order chi connectivity index (χ1) is 13.8. The molecule has 3 rings (SSSR count). The predicted molar refractivity (Wildman–Crippen MR) is 111 cm³/mol. The first-order valence-electron chi connectivity index (χ1n) is 8.63. The van der Waals surface area contributed by atoms with Gasteiger partial charge in [-0.25, -0.2) is 9.78 Å². The highest BCUT2D eigenvalue weighted by Gasteiger charge is 2.18. The molecule has 0 unspecified atom stereocenters. The molecular weight excluding hydrogens is 412 g/mol. The van der Waals surface area contributed by atoms with Crippen LogP contribution in [0, 0.1) is 0 Å². The van der Waals surface area contributed by atoms with Crippen molar-refractivity contribution in [1.82, 2.24) is 25.2 Å². The smallest absolute Gasteiger partial charge is 0.337 e. The molecule has 2 heterocycles. The maximum absolute atomic E-state index is 12.3.